The van der Waals surface area contributed by atoms with E-state index in [2.05, 4.69) is 66.2 Å². The molecule has 3 rings (SSSR count). The number of thiophene rings is 1. The SMILES string of the molecule is CCNC(=NCC1CCCN(C)C1c1cccs1)NCCc1csc(C(C)C)n1.I. The maximum Gasteiger partial charge on any atom is 0.191 e. The van der Waals surface area contributed by atoms with Crippen LogP contribution in [0.2, 0.25) is 0 Å². The van der Waals surface area contributed by atoms with E-state index in [1.807, 2.05) is 11.3 Å². The van der Waals surface area contributed by atoms with Gasteiger partial charge in [0.1, 0.15) is 0 Å². The zero-order valence-electron chi connectivity index (χ0n) is 18.6. The van der Waals surface area contributed by atoms with E-state index in [1.54, 1.807) is 11.3 Å². The smallest absolute Gasteiger partial charge is 0.191 e. The van der Waals surface area contributed by atoms with E-state index in [9.17, 15) is 0 Å². The van der Waals surface area contributed by atoms with Gasteiger partial charge in [-0.15, -0.1) is 46.7 Å². The molecule has 0 bridgehead atoms. The van der Waals surface area contributed by atoms with Gasteiger partial charge in [-0.1, -0.05) is 19.9 Å². The first kappa shape index (κ1) is 25.5. The molecule has 0 saturated carbocycles. The lowest BCUT2D eigenvalue weighted by molar-refractivity contribution is 0.128. The number of aromatic nitrogens is 1. The lowest BCUT2D eigenvalue weighted by Crippen LogP contribution is -2.40. The van der Waals surface area contributed by atoms with Crippen LogP contribution in [-0.4, -0.2) is 49.1 Å². The monoisotopic (exact) mass is 561 g/mol. The second kappa shape index (κ2) is 13.0. The van der Waals surface area contributed by atoms with Crippen LogP contribution < -0.4 is 10.6 Å². The first-order valence-electron chi connectivity index (χ1n) is 10.8. The first-order valence-corrected chi connectivity index (χ1v) is 12.5. The fourth-order valence-electron chi connectivity index (χ4n) is 3.92. The van der Waals surface area contributed by atoms with E-state index in [1.165, 1.54) is 35.0 Å². The second-order valence-electron chi connectivity index (χ2n) is 8.07. The van der Waals surface area contributed by atoms with Crippen molar-refractivity contribution in [3.8, 4) is 0 Å². The molecule has 2 atom stereocenters. The van der Waals surface area contributed by atoms with Gasteiger partial charge in [-0.2, -0.15) is 0 Å². The number of nitrogens with zero attached hydrogens (tertiary/aromatic N) is 3. The third kappa shape index (κ3) is 7.17. The average Bonchev–Trinajstić information content (AvgIpc) is 3.38. The summed E-state index contributed by atoms with van der Waals surface area (Å²) in [4.78, 5) is 13.7. The van der Waals surface area contributed by atoms with Crippen molar-refractivity contribution in [3.05, 3.63) is 38.5 Å². The molecule has 2 aromatic rings. The highest BCUT2D eigenvalue weighted by atomic mass is 127. The van der Waals surface area contributed by atoms with Gasteiger partial charge in [-0.3, -0.25) is 9.89 Å². The predicted octanol–water partition coefficient (Wildman–Crippen LogP) is 5.13. The number of halogens is 1. The lowest BCUT2D eigenvalue weighted by atomic mass is 9.88. The molecule has 30 heavy (non-hydrogen) atoms. The van der Waals surface area contributed by atoms with Gasteiger partial charge in [0, 0.05) is 48.3 Å². The van der Waals surface area contributed by atoms with Crippen LogP contribution in [0.3, 0.4) is 0 Å². The molecule has 1 fully saturated rings. The van der Waals surface area contributed by atoms with Crippen molar-refractivity contribution >= 4 is 52.6 Å². The highest BCUT2D eigenvalue weighted by Gasteiger charge is 2.31. The third-order valence-electron chi connectivity index (χ3n) is 5.41. The van der Waals surface area contributed by atoms with Gasteiger partial charge in [0.2, 0.25) is 0 Å². The molecule has 8 heteroatoms. The Balaban J connectivity index is 0.00000320. The Morgan fingerprint density at radius 3 is 2.83 bits per heavy atom. The lowest BCUT2D eigenvalue weighted by Gasteiger charge is -2.38. The molecular formula is C22H36IN5S2. The molecule has 168 valence electrons. The number of rotatable bonds is 8. The summed E-state index contributed by atoms with van der Waals surface area (Å²) >= 11 is 3.64. The summed E-state index contributed by atoms with van der Waals surface area (Å²) in [7, 11) is 2.25. The van der Waals surface area contributed by atoms with Crippen LogP contribution >= 0.6 is 46.7 Å². The maximum atomic E-state index is 4.95. The Hall–Kier alpha value is -0.710. The van der Waals surface area contributed by atoms with E-state index >= 15 is 0 Å². The first-order chi connectivity index (χ1) is 14.1. The van der Waals surface area contributed by atoms with E-state index in [-0.39, 0.29) is 24.0 Å². The quantitative estimate of drug-likeness (QED) is 0.267. The molecule has 0 aliphatic carbocycles. The fourth-order valence-corrected chi connectivity index (χ4v) is 5.77. The molecule has 0 spiro atoms. The van der Waals surface area contributed by atoms with Gasteiger partial charge >= 0.3 is 0 Å². The molecule has 0 amide bonds. The number of thiazole rings is 1. The van der Waals surface area contributed by atoms with Crippen LogP contribution in [0.1, 0.15) is 61.2 Å². The highest BCUT2D eigenvalue weighted by Crippen LogP contribution is 2.37. The minimum Gasteiger partial charge on any atom is -0.357 e. The molecule has 1 saturated heterocycles. The van der Waals surface area contributed by atoms with Crippen molar-refractivity contribution in [2.75, 3.05) is 33.2 Å². The molecule has 5 nitrogen and oxygen atoms in total. The summed E-state index contributed by atoms with van der Waals surface area (Å²) < 4.78 is 0. The molecule has 2 unspecified atom stereocenters. The molecule has 3 heterocycles. The van der Waals surface area contributed by atoms with Crippen LogP contribution in [-0.2, 0) is 6.42 Å². The highest BCUT2D eigenvalue weighted by molar-refractivity contribution is 14.0. The Morgan fingerprint density at radius 1 is 1.33 bits per heavy atom. The molecular weight excluding hydrogens is 525 g/mol. The summed E-state index contributed by atoms with van der Waals surface area (Å²) in [5.41, 5.74) is 1.17. The van der Waals surface area contributed by atoms with Crippen molar-refractivity contribution in [2.24, 2.45) is 10.9 Å². The molecule has 1 aliphatic heterocycles. The van der Waals surface area contributed by atoms with E-state index < -0.39 is 0 Å². The maximum absolute atomic E-state index is 4.95. The van der Waals surface area contributed by atoms with E-state index in [0.717, 1.165) is 32.0 Å². The Labute approximate surface area is 206 Å². The summed E-state index contributed by atoms with van der Waals surface area (Å²) in [5.74, 6) is 1.99. The van der Waals surface area contributed by atoms with Crippen LogP contribution in [0.25, 0.3) is 0 Å². The number of nitrogens with one attached hydrogen (secondary N) is 2. The standard InChI is InChI=1S/C22H35N5S2.HI/c1-5-23-22(24-11-10-18-15-29-21(26-18)16(2)3)25-14-17-8-6-12-27(4)20(17)19-9-7-13-28-19;/h7,9,13,15-17,20H,5-6,8,10-12,14H2,1-4H3,(H2,23,24,25);1H. The summed E-state index contributed by atoms with van der Waals surface area (Å²) in [6.07, 6.45) is 3.43. The number of aliphatic imine (C=N–C) groups is 1. The van der Waals surface area contributed by atoms with Gasteiger partial charge in [0.15, 0.2) is 5.96 Å². The summed E-state index contributed by atoms with van der Waals surface area (Å²) in [5, 5.41) is 12.5. The van der Waals surface area contributed by atoms with Crippen molar-refractivity contribution in [1.29, 1.82) is 0 Å². The van der Waals surface area contributed by atoms with Gasteiger partial charge in [0.25, 0.3) is 0 Å². The normalized spacial score (nSPS) is 20.2. The minimum absolute atomic E-state index is 0. The largest absolute Gasteiger partial charge is 0.357 e. The second-order valence-corrected chi connectivity index (χ2v) is 9.94. The van der Waals surface area contributed by atoms with Crippen molar-refractivity contribution in [2.45, 2.75) is 52.0 Å². The van der Waals surface area contributed by atoms with Crippen molar-refractivity contribution in [1.82, 2.24) is 20.5 Å². The number of piperidine rings is 1. The van der Waals surface area contributed by atoms with Crippen LogP contribution in [0.5, 0.6) is 0 Å². The number of likely N-dealkylation sites (tertiary alicyclic amines) is 1. The summed E-state index contributed by atoms with van der Waals surface area (Å²) in [6.45, 7) is 10.3. The summed E-state index contributed by atoms with van der Waals surface area (Å²) in [6, 6.07) is 4.92. The van der Waals surface area contributed by atoms with Crippen LogP contribution in [0.15, 0.2) is 27.9 Å². The van der Waals surface area contributed by atoms with E-state index in [0.29, 0.717) is 17.9 Å². The van der Waals surface area contributed by atoms with Crippen LogP contribution in [0.4, 0.5) is 0 Å². The van der Waals surface area contributed by atoms with Crippen molar-refractivity contribution in [3.63, 3.8) is 0 Å². The zero-order chi connectivity index (χ0) is 20.6. The van der Waals surface area contributed by atoms with E-state index in [4.69, 9.17) is 9.98 Å². The Morgan fingerprint density at radius 2 is 2.17 bits per heavy atom. The van der Waals surface area contributed by atoms with Gasteiger partial charge in [0.05, 0.1) is 10.7 Å². The molecule has 0 aromatic carbocycles. The average molecular weight is 562 g/mol. The zero-order valence-corrected chi connectivity index (χ0v) is 22.5. The van der Waals surface area contributed by atoms with Gasteiger partial charge < -0.3 is 10.6 Å². The number of guanidine groups is 1. The fraction of sp³-hybridized carbons (Fsp3) is 0.636. The minimum atomic E-state index is 0. The molecule has 2 N–H and O–H groups in total. The number of hydrogen-bond donors (Lipinski definition) is 2. The Kier molecular flexibility index (Phi) is 11.1. The molecule has 1 aliphatic rings. The molecule has 2 aromatic heterocycles. The predicted molar refractivity (Wildman–Crippen MR) is 142 cm³/mol. The number of hydrogen-bond acceptors (Lipinski definition) is 5. The third-order valence-corrected chi connectivity index (χ3v) is 7.54. The van der Waals surface area contributed by atoms with Gasteiger partial charge in [-0.25, -0.2) is 4.98 Å². The van der Waals surface area contributed by atoms with Crippen LogP contribution in [0, 0.1) is 5.92 Å². The van der Waals surface area contributed by atoms with Crippen molar-refractivity contribution < 1.29 is 0 Å². The molecule has 0 radical (unpaired) electrons. The van der Waals surface area contributed by atoms with Gasteiger partial charge in [-0.05, 0) is 50.7 Å². The topological polar surface area (TPSA) is 52.6 Å². The Bertz CT molecular complexity index is 759.